The van der Waals surface area contributed by atoms with Crippen molar-refractivity contribution in [1.82, 2.24) is 9.97 Å². The summed E-state index contributed by atoms with van der Waals surface area (Å²) in [6.45, 7) is 18.0. The molecule has 0 aliphatic rings. The van der Waals surface area contributed by atoms with Gasteiger partial charge in [-0.15, -0.1) is 0 Å². The molecule has 2 aromatic heterocycles. The Labute approximate surface area is 137 Å². The molecule has 0 atom stereocenters. The molecule has 0 saturated carbocycles. The second-order valence-corrected chi connectivity index (χ2v) is 2.05. The van der Waals surface area contributed by atoms with Crippen molar-refractivity contribution in [3.63, 3.8) is 0 Å². The van der Waals surface area contributed by atoms with Gasteiger partial charge >= 0.3 is 45.2 Å². The summed E-state index contributed by atoms with van der Waals surface area (Å²) in [6, 6.07) is 11.4. The minimum Gasteiger partial charge on any atom is -0.265 e. The first-order chi connectivity index (χ1) is 10.0. The molecule has 1 radical (unpaired) electrons. The predicted molar refractivity (Wildman–Crippen MR) is 64.2 cm³/mol. The van der Waals surface area contributed by atoms with E-state index in [1.165, 1.54) is 0 Å². The van der Waals surface area contributed by atoms with Crippen molar-refractivity contribution in [1.29, 1.82) is 0 Å². The first kappa shape index (κ1) is 31.4. The molecule has 0 bridgehead atoms. The second-order valence-electron chi connectivity index (χ2n) is 2.05. The van der Waals surface area contributed by atoms with Crippen LogP contribution in [0.4, 0.5) is 0 Å². The molecule has 0 amide bonds. The number of nitrogens with zero attached hydrogens (tertiary/aromatic N) is 2. The van der Waals surface area contributed by atoms with Gasteiger partial charge in [0.25, 0.3) is 0 Å². The standard InChI is InChI=1S/2C5H5N.4CO.Re/c2*1-2-4-6-5-3-1;4*1-2;/h2*1-5H;;;;;. The summed E-state index contributed by atoms with van der Waals surface area (Å²) < 4.78 is 30.0. The average Bonchev–Trinajstić information content (AvgIpc) is 2.65. The fourth-order valence-corrected chi connectivity index (χ4v) is 0.625. The number of hydrogen-bond acceptors (Lipinski definition) is 2. The van der Waals surface area contributed by atoms with Crippen LogP contribution in [0.2, 0.25) is 0 Å². The first-order valence-corrected chi connectivity index (χ1v) is 4.52. The summed E-state index contributed by atoms with van der Waals surface area (Å²) in [5.41, 5.74) is 0. The van der Waals surface area contributed by atoms with E-state index in [1.54, 1.807) is 24.8 Å². The molecule has 6 nitrogen and oxygen atoms in total. The van der Waals surface area contributed by atoms with Crippen LogP contribution in [-0.2, 0) is 39.0 Å². The molecule has 0 aromatic carbocycles. The largest absolute Gasteiger partial charge is 0.265 e. The summed E-state index contributed by atoms with van der Waals surface area (Å²) in [4.78, 5) is 7.57. The van der Waals surface area contributed by atoms with E-state index in [0.717, 1.165) is 0 Å². The van der Waals surface area contributed by atoms with Gasteiger partial charge in [0.05, 0.1) is 0 Å². The molecule has 0 fully saturated rings. The predicted octanol–water partition coefficient (Wildman–Crippen LogP) is 2.01. The van der Waals surface area contributed by atoms with Crippen molar-refractivity contribution in [2.45, 2.75) is 0 Å². The Balaban J connectivity index is -0.0000000539. The van der Waals surface area contributed by atoms with Crippen LogP contribution in [0.3, 0.4) is 0 Å². The third kappa shape index (κ3) is 46.2. The molecule has 2 aromatic rings. The van der Waals surface area contributed by atoms with Crippen LogP contribution in [0.25, 0.3) is 0 Å². The molecular formula is C14H10N2O4Re. The van der Waals surface area contributed by atoms with Gasteiger partial charge in [-0.1, -0.05) is 12.1 Å². The number of pyridine rings is 2. The summed E-state index contributed by atoms with van der Waals surface area (Å²) in [5.74, 6) is 0. The fourth-order valence-electron chi connectivity index (χ4n) is 0.625. The van der Waals surface area contributed by atoms with E-state index in [-0.39, 0.29) is 20.4 Å². The van der Waals surface area contributed by atoms with E-state index in [4.69, 9.17) is 18.6 Å². The first-order valence-electron chi connectivity index (χ1n) is 4.52. The molecule has 0 aliphatic heterocycles. The Morgan fingerprint density at radius 3 is 0.667 bits per heavy atom. The van der Waals surface area contributed by atoms with Crippen molar-refractivity contribution in [2.24, 2.45) is 0 Å². The number of hydrogen-bond donors (Lipinski definition) is 0. The van der Waals surface area contributed by atoms with E-state index >= 15 is 0 Å². The zero-order valence-electron chi connectivity index (χ0n) is 10.7. The zero-order chi connectivity index (χ0) is 16.5. The molecular weight excluding hydrogens is 446 g/mol. The molecule has 0 aliphatic carbocycles. The van der Waals surface area contributed by atoms with Crippen LogP contribution in [-0.4, -0.2) is 9.97 Å². The van der Waals surface area contributed by atoms with Gasteiger partial charge in [-0.2, -0.15) is 0 Å². The molecule has 0 saturated heterocycles. The minimum absolute atomic E-state index is 0. The summed E-state index contributed by atoms with van der Waals surface area (Å²) in [7, 11) is 0. The van der Waals surface area contributed by atoms with Crippen molar-refractivity contribution < 1.29 is 39.0 Å². The van der Waals surface area contributed by atoms with Crippen LogP contribution in [0.5, 0.6) is 0 Å². The van der Waals surface area contributed by atoms with Gasteiger partial charge in [0.1, 0.15) is 0 Å². The molecule has 21 heavy (non-hydrogen) atoms. The normalized spacial score (nSPS) is 4.95. The topological polar surface area (TPSA) is 105 Å². The van der Waals surface area contributed by atoms with Crippen molar-refractivity contribution in [3.05, 3.63) is 87.8 Å². The van der Waals surface area contributed by atoms with Crippen molar-refractivity contribution in [3.8, 4) is 0 Å². The maximum Gasteiger partial charge on any atom is 0.0267 e. The molecule has 0 spiro atoms. The van der Waals surface area contributed by atoms with Crippen LogP contribution in [0, 0.1) is 26.6 Å². The van der Waals surface area contributed by atoms with E-state index in [1.807, 2.05) is 36.4 Å². The number of aromatic nitrogens is 2. The Bertz CT molecular complexity index is 321. The van der Waals surface area contributed by atoms with E-state index in [9.17, 15) is 0 Å². The van der Waals surface area contributed by atoms with E-state index < -0.39 is 0 Å². The molecule has 7 heteroatoms. The van der Waals surface area contributed by atoms with Gasteiger partial charge < -0.3 is 0 Å². The smallest absolute Gasteiger partial charge is 0.0267 e. The van der Waals surface area contributed by atoms with Gasteiger partial charge in [0, 0.05) is 45.2 Å². The van der Waals surface area contributed by atoms with Gasteiger partial charge in [0.2, 0.25) is 0 Å². The average molecular weight is 456 g/mol. The second kappa shape index (κ2) is 52.1. The van der Waals surface area contributed by atoms with Gasteiger partial charge in [0.15, 0.2) is 0 Å². The van der Waals surface area contributed by atoms with Crippen LogP contribution >= 0.6 is 0 Å². The molecule has 2 heterocycles. The molecule has 0 N–H and O–H groups in total. The fraction of sp³-hybridized carbons (Fsp3) is 0. The summed E-state index contributed by atoms with van der Waals surface area (Å²) >= 11 is 0. The quantitative estimate of drug-likeness (QED) is 0.447. The maximum absolute atomic E-state index is 7.50. The Kier molecular flexibility index (Phi) is 77.8. The van der Waals surface area contributed by atoms with Crippen molar-refractivity contribution >= 4 is 0 Å². The monoisotopic (exact) mass is 457 g/mol. The van der Waals surface area contributed by atoms with Crippen molar-refractivity contribution in [2.75, 3.05) is 0 Å². The Morgan fingerprint density at radius 1 is 0.429 bits per heavy atom. The van der Waals surface area contributed by atoms with Gasteiger partial charge in [-0.3, -0.25) is 9.97 Å². The van der Waals surface area contributed by atoms with Crippen LogP contribution in [0.1, 0.15) is 0 Å². The summed E-state index contributed by atoms with van der Waals surface area (Å²) in [5, 5.41) is 0. The minimum atomic E-state index is 0. The van der Waals surface area contributed by atoms with Crippen LogP contribution in [0.15, 0.2) is 61.2 Å². The Morgan fingerprint density at radius 2 is 0.619 bits per heavy atom. The van der Waals surface area contributed by atoms with Crippen LogP contribution < -0.4 is 0 Å². The Hall–Kier alpha value is -2.08. The zero-order valence-corrected chi connectivity index (χ0v) is 13.4. The van der Waals surface area contributed by atoms with Gasteiger partial charge in [-0.05, 0) is 24.3 Å². The van der Waals surface area contributed by atoms with E-state index in [2.05, 4.69) is 36.6 Å². The third-order valence-corrected chi connectivity index (χ3v) is 1.13. The number of rotatable bonds is 0. The molecule has 107 valence electrons. The molecule has 0 unspecified atom stereocenters. The molecule has 2 rings (SSSR count). The summed E-state index contributed by atoms with van der Waals surface area (Å²) in [6.07, 6.45) is 7.00. The SMILES string of the molecule is [C-]#[O+].[C-]#[O+].[C-]#[O+].[C-]#[O+].[Re].c1ccncc1.c1ccncc1. The van der Waals surface area contributed by atoms with E-state index in [0.29, 0.717) is 0 Å². The third-order valence-electron chi connectivity index (χ3n) is 1.13. The van der Waals surface area contributed by atoms with Gasteiger partial charge in [-0.25, -0.2) is 0 Å². The maximum atomic E-state index is 7.50.